The molecule has 0 spiro atoms. The smallest absolute Gasteiger partial charge is 0.00969 e. The SMILES string of the molecule is CCNCCNC1CC1C. The zero-order valence-electron chi connectivity index (χ0n) is 6.98. The minimum Gasteiger partial charge on any atom is -0.316 e. The number of likely N-dealkylation sites (N-methyl/N-ethyl adjacent to an activating group) is 1. The number of hydrogen-bond acceptors (Lipinski definition) is 2. The van der Waals surface area contributed by atoms with Crippen molar-refractivity contribution < 1.29 is 0 Å². The van der Waals surface area contributed by atoms with Gasteiger partial charge in [-0.2, -0.15) is 0 Å². The Balaban J connectivity index is 1.78. The Kier molecular flexibility index (Phi) is 3.16. The number of nitrogens with one attached hydrogen (secondary N) is 2. The first-order chi connectivity index (χ1) is 4.84. The molecule has 0 aromatic carbocycles. The van der Waals surface area contributed by atoms with Gasteiger partial charge in [0.1, 0.15) is 0 Å². The summed E-state index contributed by atoms with van der Waals surface area (Å²) in [5, 5.41) is 6.76. The molecule has 1 rings (SSSR count). The van der Waals surface area contributed by atoms with Crippen LogP contribution in [0.25, 0.3) is 0 Å². The summed E-state index contributed by atoms with van der Waals surface area (Å²) in [4.78, 5) is 0. The monoisotopic (exact) mass is 142 g/mol. The molecule has 2 heteroatoms. The van der Waals surface area contributed by atoms with Crippen molar-refractivity contribution >= 4 is 0 Å². The van der Waals surface area contributed by atoms with Gasteiger partial charge in [-0.1, -0.05) is 13.8 Å². The molecule has 2 N–H and O–H groups in total. The third-order valence-corrected chi connectivity index (χ3v) is 2.07. The first kappa shape index (κ1) is 8.02. The van der Waals surface area contributed by atoms with Gasteiger partial charge < -0.3 is 10.6 Å². The van der Waals surface area contributed by atoms with Gasteiger partial charge in [-0.3, -0.25) is 0 Å². The maximum atomic E-state index is 3.48. The van der Waals surface area contributed by atoms with E-state index in [9.17, 15) is 0 Å². The van der Waals surface area contributed by atoms with E-state index >= 15 is 0 Å². The van der Waals surface area contributed by atoms with E-state index in [4.69, 9.17) is 0 Å². The topological polar surface area (TPSA) is 24.1 Å². The van der Waals surface area contributed by atoms with E-state index in [-0.39, 0.29) is 0 Å². The predicted octanol–water partition coefficient (Wildman–Crippen LogP) is 0.594. The highest BCUT2D eigenvalue weighted by Crippen LogP contribution is 2.28. The van der Waals surface area contributed by atoms with Crippen molar-refractivity contribution in [3.63, 3.8) is 0 Å². The van der Waals surface area contributed by atoms with Gasteiger partial charge in [0.2, 0.25) is 0 Å². The van der Waals surface area contributed by atoms with Crippen molar-refractivity contribution in [1.82, 2.24) is 10.6 Å². The van der Waals surface area contributed by atoms with Gasteiger partial charge in [-0.05, 0) is 18.9 Å². The van der Waals surface area contributed by atoms with Crippen LogP contribution in [0.4, 0.5) is 0 Å². The first-order valence-corrected chi connectivity index (χ1v) is 4.28. The fraction of sp³-hybridized carbons (Fsp3) is 1.00. The summed E-state index contributed by atoms with van der Waals surface area (Å²) in [6.07, 6.45) is 1.38. The van der Waals surface area contributed by atoms with Crippen molar-refractivity contribution in [3.05, 3.63) is 0 Å². The van der Waals surface area contributed by atoms with E-state index in [0.717, 1.165) is 31.6 Å². The van der Waals surface area contributed by atoms with E-state index in [1.165, 1.54) is 6.42 Å². The molecule has 60 valence electrons. The summed E-state index contributed by atoms with van der Waals surface area (Å²) >= 11 is 0. The highest BCUT2D eigenvalue weighted by molar-refractivity contribution is 4.89. The largest absolute Gasteiger partial charge is 0.316 e. The van der Waals surface area contributed by atoms with E-state index in [1.807, 2.05) is 0 Å². The second-order valence-electron chi connectivity index (χ2n) is 3.13. The minimum atomic E-state index is 0.832. The summed E-state index contributed by atoms with van der Waals surface area (Å²) in [5.41, 5.74) is 0. The standard InChI is InChI=1S/C8H18N2/c1-3-9-4-5-10-8-6-7(8)2/h7-10H,3-6H2,1-2H3. The number of hydrogen-bond donors (Lipinski definition) is 2. The molecule has 0 aromatic rings. The lowest BCUT2D eigenvalue weighted by Gasteiger charge is -2.02. The van der Waals surface area contributed by atoms with Crippen LogP contribution in [-0.2, 0) is 0 Å². The Labute approximate surface area is 63.4 Å². The Morgan fingerprint density at radius 3 is 2.60 bits per heavy atom. The molecule has 1 aliphatic rings. The van der Waals surface area contributed by atoms with E-state index in [1.54, 1.807) is 0 Å². The lowest BCUT2D eigenvalue weighted by molar-refractivity contribution is 0.605. The van der Waals surface area contributed by atoms with Crippen LogP contribution in [0.15, 0.2) is 0 Å². The molecule has 1 aliphatic carbocycles. The Morgan fingerprint density at radius 2 is 2.10 bits per heavy atom. The molecule has 1 saturated carbocycles. The Bertz CT molecular complexity index is 93.3. The summed E-state index contributed by atoms with van der Waals surface area (Å²) < 4.78 is 0. The van der Waals surface area contributed by atoms with E-state index < -0.39 is 0 Å². The normalized spacial score (nSPS) is 30.6. The molecular formula is C8H18N2. The van der Waals surface area contributed by atoms with Crippen LogP contribution in [0.5, 0.6) is 0 Å². The maximum Gasteiger partial charge on any atom is 0.00969 e. The molecule has 2 unspecified atom stereocenters. The summed E-state index contributed by atoms with van der Waals surface area (Å²) in [6, 6.07) is 0.832. The third kappa shape index (κ3) is 2.67. The Morgan fingerprint density at radius 1 is 1.40 bits per heavy atom. The molecule has 0 saturated heterocycles. The van der Waals surface area contributed by atoms with Gasteiger partial charge in [0.15, 0.2) is 0 Å². The lowest BCUT2D eigenvalue weighted by Crippen LogP contribution is -2.28. The van der Waals surface area contributed by atoms with Gasteiger partial charge >= 0.3 is 0 Å². The van der Waals surface area contributed by atoms with Crippen LogP contribution in [-0.4, -0.2) is 25.7 Å². The van der Waals surface area contributed by atoms with Crippen LogP contribution in [0, 0.1) is 5.92 Å². The van der Waals surface area contributed by atoms with Gasteiger partial charge in [0, 0.05) is 19.1 Å². The molecule has 0 aliphatic heterocycles. The molecular weight excluding hydrogens is 124 g/mol. The van der Waals surface area contributed by atoms with Crippen molar-refractivity contribution in [3.8, 4) is 0 Å². The van der Waals surface area contributed by atoms with Crippen molar-refractivity contribution in [2.24, 2.45) is 5.92 Å². The summed E-state index contributed by atoms with van der Waals surface area (Å²) in [5.74, 6) is 0.932. The van der Waals surface area contributed by atoms with Crippen molar-refractivity contribution in [2.75, 3.05) is 19.6 Å². The highest BCUT2D eigenvalue weighted by atomic mass is 15.0. The second-order valence-corrected chi connectivity index (χ2v) is 3.13. The van der Waals surface area contributed by atoms with Gasteiger partial charge in [-0.25, -0.2) is 0 Å². The Hall–Kier alpha value is -0.0800. The fourth-order valence-corrected chi connectivity index (χ4v) is 1.13. The molecule has 1 fully saturated rings. The number of rotatable bonds is 5. The lowest BCUT2D eigenvalue weighted by atomic mass is 10.4. The minimum absolute atomic E-state index is 0.832. The molecule has 0 aromatic heterocycles. The quantitative estimate of drug-likeness (QED) is 0.549. The van der Waals surface area contributed by atoms with Crippen LogP contribution >= 0.6 is 0 Å². The van der Waals surface area contributed by atoms with Gasteiger partial charge in [0.25, 0.3) is 0 Å². The van der Waals surface area contributed by atoms with E-state index in [0.29, 0.717) is 0 Å². The van der Waals surface area contributed by atoms with Crippen LogP contribution < -0.4 is 10.6 Å². The van der Waals surface area contributed by atoms with Crippen LogP contribution in [0.2, 0.25) is 0 Å². The summed E-state index contributed by atoms with van der Waals surface area (Å²) in [6.45, 7) is 7.76. The average molecular weight is 142 g/mol. The zero-order valence-corrected chi connectivity index (χ0v) is 6.98. The molecule has 0 amide bonds. The van der Waals surface area contributed by atoms with Gasteiger partial charge in [0.05, 0.1) is 0 Å². The van der Waals surface area contributed by atoms with Crippen LogP contribution in [0.3, 0.4) is 0 Å². The first-order valence-electron chi connectivity index (χ1n) is 4.28. The highest BCUT2D eigenvalue weighted by Gasteiger charge is 2.31. The predicted molar refractivity (Wildman–Crippen MR) is 44.1 cm³/mol. The molecule has 0 radical (unpaired) electrons. The van der Waals surface area contributed by atoms with Crippen molar-refractivity contribution in [1.29, 1.82) is 0 Å². The van der Waals surface area contributed by atoms with Crippen LogP contribution in [0.1, 0.15) is 20.3 Å². The van der Waals surface area contributed by atoms with E-state index in [2.05, 4.69) is 24.5 Å². The maximum absolute atomic E-state index is 3.48. The average Bonchev–Trinajstić information content (AvgIpc) is 2.60. The molecule has 0 heterocycles. The second kappa shape index (κ2) is 3.94. The third-order valence-electron chi connectivity index (χ3n) is 2.07. The van der Waals surface area contributed by atoms with Gasteiger partial charge in [-0.15, -0.1) is 0 Å². The van der Waals surface area contributed by atoms with Crippen molar-refractivity contribution in [2.45, 2.75) is 26.3 Å². The molecule has 0 bridgehead atoms. The zero-order chi connectivity index (χ0) is 7.40. The summed E-state index contributed by atoms with van der Waals surface area (Å²) in [7, 11) is 0. The fourth-order valence-electron chi connectivity index (χ4n) is 1.13. The molecule has 10 heavy (non-hydrogen) atoms. The molecule has 2 atom stereocenters. The molecule has 2 nitrogen and oxygen atoms in total.